The summed E-state index contributed by atoms with van der Waals surface area (Å²) in [5.74, 6) is 1.26. The average molecular weight is 382 g/mol. The minimum atomic E-state index is -0.232. The number of aromatic nitrogens is 1. The fourth-order valence-corrected chi connectivity index (χ4v) is 2.78. The Kier molecular flexibility index (Phi) is 5.94. The Balaban J connectivity index is 1.64. The molecule has 0 fully saturated rings. The molecule has 0 radical (unpaired) electrons. The number of pyridine rings is 1. The largest absolute Gasteiger partial charge is 0.496 e. The number of benzene rings is 2. The molecule has 27 heavy (non-hydrogen) atoms. The topological polar surface area (TPSA) is 63.2 Å². The van der Waals surface area contributed by atoms with Gasteiger partial charge in [0.05, 0.1) is 12.7 Å². The van der Waals surface area contributed by atoms with Gasteiger partial charge in [-0.1, -0.05) is 35.9 Å². The van der Waals surface area contributed by atoms with Crippen LogP contribution in [0.25, 0.3) is 0 Å². The van der Waals surface area contributed by atoms with Crippen LogP contribution in [-0.4, -0.2) is 18.0 Å². The van der Waals surface area contributed by atoms with E-state index in [2.05, 4.69) is 15.6 Å². The standard InChI is InChI=1S/C21H20ClN3O2/c1-14-17(22)7-5-8-18(14)25-21(26)16-10-11-20(24-13-16)23-12-15-6-3-4-9-19(15)27-2/h3-11,13H,12H2,1-2H3,(H,23,24)(H,25,26). The summed E-state index contributed by atoms with van der Waals surface area (Å²) in [7, 11) is 1.64. The molecule has 0 bridgehead atoms. The molecule has 1 amide bonds. The van der Waals surface area contributed by atoms with Crippen molar-refractivity contribution in [3.8, 4) is 5.75 Å². The maximum Gasteiger partial charge on any atom is 0.257 e. The third kappa shape index (κ3) is 4.57. The molecule has 2 aromatic carbocycles. The van der Waals surface area contributed by atoms with Crippen molar-refractivity contribution < 1.29 is 9.53 Å². The van der Waals surface area contributed by atoms with E-state index in [0.717, 1.165) is 16.9 Å². The van der Waals surface area contributed by atoms with Crippen LogP contribution in [0.2, 0.25) is 5.02 Å². The summed E-state index contributed by atoms with van der Waals surface area (Å²) in [5.41, 5.74) is 3.01. The van der Waals surface area contributed by atoms with E-state index in [1.54, 1.807) is 37.6 Å². The average Bonchev–Trinajstić information content (AvgIpc) is 2.70. The molecule has 1 heterocycles. The Morgan fingerprint density at radius 1 is 1.11 bits per heavy atom. The Labute approximate surface area is 163 Å². The second-order valence-corrected chi connectivity index (χ2v) is 6.37. The van der Waals surface area contributed by atoms with Crippen LogP contribution in [-0.2, 0) is 6.54 Å². The van der Waals surface area contributed by atoms with Crippen LogP contribution in [0.15, 0.2) is 60.8 Å². The lowest BCUT2D eigenvalue weighted by atomic mass is 10.2. The quantitative estimate of drug-likeness (QED) is 0.636. The van der Waals surface area contributed by atoms with Crippen LogP contribution < -0.4 is 15.4 Å². The molecule has 0 unspecified atom stereocenters. The van der Waals surface area contributed by atoms with Crippen LogP contribution in [0.4, 0.5) is 11.5 Å². The summed E-state index contributed by atoms with van der Waals surface area (Å²) in [6.07, 6.45) is 1.54. The highest BCUT2D eigenvalue weighted by molar-refractivity contribution is 6.31. The van der Waals surface area contributed by atoms with E-state index in [1.807, 2.05) is 37.3 Å². The number of anilines is 2. The van der Waals surface area contributed by atoms with Gasteiger partial charge in [-0.2, -0.15) is 0 Å². The number of methoxy groups -OCH3 is 1. The van der Waals surface area contributed by atoms with E-state index in [9.17, 15) is 4.79 Å². The first-order valence-electron chi connectivity index (χ1n) is 8.47. The predicted molar refractivity (Wildman–Crippen MR) is 109 cm³/mol. The molecule has 1 aromatic heterocycles. The lowest BCUT2D eigenvalue weighted by Gasteiger charge is -2.11. The zero-order valence-corrected chi connectivity index (χ0v) is 15.9. The van der Waals surface area contributed by atoms with Crippen molar-refractivity contribution in [3.63, 3.8) is 0 Å². The van der Waals surface area contributed by atoms with Crippen molar-refractivity contribution in [1.29, 1.82) is 0 Å². The number of ether oxygens (including phenoxy) is 1. The van der Waals surface area contributed by atoms with Gasteiger partial charge < -0.3 is 15.4 Å². The molecule has 0 spiro atoms. The Hall–Kier alpha value is -3.05. The third-order valence-electron chi connectivity index (χ3n) is 4.19. The fraction of sp³-hybridized carbons (Fsp3) is 0.143. The van der Waals surface area contributed by atoms with E-state index >= 15 is 0 Å². The minimum absolute atomic E-state index is 0.232. The summed E-state index contributed by atoms with van der Waals surface area (Å²) < 4.78 is 5.34. The zero-order chi connectivity index (χ0) is 19.2. The zero-order valence-electron chi connectivity index (χ0n) is 15.1. The first kappa shape index (κ1) is 18.7. The highest BCUT2D eigenvalue weighted by atomic mass is 35.5. The Morgan fingerprint density at radius 2 is 1.93 bits per heavy atom. The first-order chi connectivity index (χ1) is 13.1. The minimum Gasteiger partial charge on any atom is -0.496 e. The van der Waals surface area contributed by atoms with Gasteiger partial charge >= 0.3 is 0 Å². The van der Waals surface area contributed by atoms with Crippen molar-refractivity contribution >= 4 is 29.0 Å². The molecule has 2 N–H and O–H groups in total. The monoisotopic (exact) mass is 381 g/mol. The number of halogens is 1. The summed E-state index contributed by atoms with van der Waals surface area (Å²) in [6, 6.07) is 16.7. The van der Waals surface area contributed by atoms with E-state index in [-0.39, 0.29) is 5.91 Å². The number of rotatable bonds is 6. The molecule has 0 aliphatic heterocycles. The van der Waals surface area contributed by atoms with Gasteiger partial charge in [0.15, 0.2) is 0 Å². The van der Waals surface area contributed by atoms with Gasteiger partial charge in [-0.15, -0.1) is 0 Å². The molecule has 5 nitrogen and oxygen atoms in total. The summed E-state index contributed by atoms with van der Waals surface area (Å²) in [5, 5.41) is 6.70. The summed E-state index contributed by atoms with van der Waals surface area (Å²) >= 11 is 6.09. The van der Waals surface area contributed by atoms with Crippen LogP contribution >= 0.6 is 11.6 Å². The second-order valence-electron chi connectivity index (χ2n) is 5.96. The molecular weight excluding hydrogens is 362 g/mol. The number of nitrogens with zero attached hydrogens (tertiary/aromatic N) is 1. The van der Waals surface area contributed by atoms with Gasteiger partial charge in [0, 0.05) is 29.0 Å². The van der Waals surface area contributed by atoms with Gasteiger partial charge in [-0.3, -0.25) is 4.79 Å². The van der Waals surface area contributed by atoms with E-state index in [0.29, 0.717) is 28.6 Å². The van der Waals surface area contributed by atoms with Crippen LogP contribution in [0.1, 0.15) is 21.5 Å². The van der Waals surface area contributed by atoms with Gasteiger partial charge in [0.1, 0.15) is 11.6 Å². The number of hydrogen-bond acceptors (Lipinski definition) is 4. The molecule has 0 aliphatic carbocycles. The summed E-state index contributed by atoms with van der Waals surface area (Å²) in [6.45, 7) is 2.44. The predicted octanol–water partition coefficient (Wildman–Crippen LogP) is 4.92. The Bertz CT molecular complexity index is 942. The van der Waals surface area contributed by atoms with E-state index < -0.39 is 0 Å². The van der Waals surface area contributed by atoms with Crippen LogP contribution in [0.5, 0.6) is 5.75 Å². The van der Waals surface area contributed by atoms with Gasteiger partial charge in [0.2, 0.25) is 0 Å². The molecule has 0 saturated heterocycles. The summed E-state index contributed by atoms with van der Waals surface area (Å²) in [4.78, 5) is 16.7. The van der Waals surface area contributed by atoms with E-state index in [1.165, 1.54) is 0 Å². The number of carbonyl (C=O) groups excluding carboxylic acids is 1. The molecule has 0 atom stereocenters. The maximum atomic E-state index is 12.4. The van der Waals surface area contributed by atoms with Crippen LogP contribution in [0, 0.1) is 6.92 Å². The number of hydrogen-bond donors (Lipinski definition) is 2. The van der Waals surface area contributed by atoms with Crippen molar-refractivity contribution in [2.75, 3.05) is 17.7 Å². The Morgan fingerprint density at radius 3 is 2.67 bits per heavy atom. The van der Waals surface area contributed by atoms with Gasteiger partial charge in [-0.05, 0) is 42.8 Å². The number of nitrogens with one attached hydrogen (secondary N) is 2. The fourth-order valence-electron chi connectivity index (χ4n) is 2.60. The van der Waals surface area contributed by atoms with Crippen molar-refractivity contribution in [2.24, 2.45) is 0 Å². The van der Waals surface area contributed by atoms with Gasteiger partial charge in [0.25, 0.3) is 5.91 Å². The molecule has 3 aromatic rings. The molecule has 0 aliphatic rings. The third-order valence-corrected chi connectivity index (χ3v) is 4.60. The van der Waals surface area contributed by atoms with Crippen LogP contribution in [0.3, 0.4) is 0 Å². The smallest absolute Gasteiger partial charge is 0.257 e. The molecule has 3 rings (SSSR count). The lowest BCUT2D eigenvalue weighted by Crippen LogP contribution is -2.13. The van der Waals surface area contributed by atoms with Crippen molar-refractivity contribution in [3.05, 3.63) is 82.5 Å². The SMILES string of the molecule is COc1ccccc1CNc1ccc(C(=O)Nc2cccc(Cl)c2C)cn1. The molecule has 0 saturated carbocycles. The number of para-hydroxylation sites is 1. The molecule has 138 valence electrons. The molecule has 6 heteroatoms. The maximum absolute atomic E-state index is 12.4. The first-order valence-corrected chi connectivity index (χ1v) is 8.84. The molecular formula is C21H20ClN3O2. The highest BCUT2D eigenvalue weighted by Crippen LogP contribution is 2.23. The van der Waals surface area contributed by atoms with Gasteiger partial charge in [-0.25, -0.2) is 4.98 Å². The number of amides is 1. The van der Waals surface area contributed by atoms with Crippen molar-refractivity contribution in [2.45, 2.75) is 13.5 Å². The normalized spacial score (nSPS) is 10.3. The number of carbonyl (C=O) groups is 1. The lowest BCUT2D eigenvalue weighted by molar-refractivity contribution is 0.102. The highest BCUT2D eigenvalue weighted by Gasteiger charge is 2.10. The second kappa shape index (κ2) is 8.56. The van der Waals surface area contributed by atoms with E-state index in [4.69, 9.17) is 16.3 Å². The van der Waals surface area contributed by atoms with Crippen molar-refractivity contribution in [1.82, 2.24) is 4.98 Å².